The van der Waals surface area contributed by atoms with E-state index in [1.54, 1.807) is 7.11 Å². The number of hydrogen-bond donors (Lipinski definition) is 1. The summed E-state index contributed by atoms with van der Waals surface area (Å²) in [6.45, 7) is 0.918. The second kappa shape index (κ2) is 6.09. The maximum atomic E-state index is 11.9. The number of hydrogen-bond acceptors (Lipinski definition) is 4. The first-order valence-corrected chi connectivity index (χ1v) is 6.19. The zero-order valence-corrected chi connectivity index (χ0v) is 10.6. The molecular weight excluding hydrogens is 230 g/mol. The Morgan fingerprint density at radius 1 is 1.56 bits per heavy atom. The van der Waals surface area contributed by atoms with Gasteiger partial charge in [-0.25, -0.2) is 0 Å². The molecule has 0 bridgehead atoms. The van der Waals surface area contributed by atoms with Gasteiger partial charge in [-0.3, -0.25) is 4.79 Å². The molecule has 0 aliphatic carbocycles. The lowest BCUT2D eigenvalue weighted by Crippen LogP contribution is -2.36. The normalized spacial score (nSPS) is 20.2. The van der Waals surface area contributed by atoms with Crippen molar-refractivity contribution in [3.8, 4) is 0 Å². The minimum absolute atomic E-state index is 0.0152. The lowest BCUT2D eigenvalue weighted by atomic mass is 9.93. The van der Waals surface area contributed by atoms with Crippen LogP contribution in [0.25, 0.3) is 0 Å². The van der Waals surface area contributed by atoms with Crippen LogP contribution < -0.4 is 5.73 Å². The van der Waals surface area contributed by atoms with Crippen molar-refractivity contribution in [2.75, 3.05) is 20.3 Å². The topological polar surface area (TPSA) is 61.5 Å². The number of rotatable bonds is 5. The van der Waals surface area contributed by atoms with Crippen LogP contribution in [-0.2, 0) is 20.7 Å². The Bertz CT molecular complexity index is 419. The first-order chi connectivity index (χ1) is 8.72. The summed E-state index contributed by atoms with van der Waals surface area (Å²) in [7, 11) is 1.54. The molecule has 0 spiro atoms. The molecular formula is C14H19NO3. The van der Waals surface area contributed by atoms with E-state index in [0.717, 1.165) is 12.0 Å². The molecule has 4 nitrogen and oxygen atoms in total. The molecule has 1 aliphatic heterocycles. The van der Waals surface area contributed by atoms with Crippen molar-refractivity contribution in [1.29, 1.82) is 0 Å². The summed E-state index contributed by atoms with van der Waals surface area (Å²) in [5, 5.41) is 0. The first-order valence-electron chi connectivity index (χ1n) is 6.19. The van der Waals surface area contributed by atoms with Crippen molar-refractivity contribution in [2.45, 2.75) is 25.0 Å². The number of benzene rings is 1. The fourth-order valence-electron chi connectivity index (χ4n) is 2.25. The highest BCUT2D eigenvalue weighted by Crippen LogP contribution is 2.29. The first kappa shape index (κ1) is 13.2. The molecule has 0 saturated carbocycles. The van der Waals surface area contributed by atoms with Gasteiger partial charge in [0.15, 0.2) is 5.78 Å². The van der Waals surface area contributed by atoms with E-state index < -0.39 is 6.04 Å². The molecule has 18 heavy (non-hydrogen) atoms. The van der Waals surface area contributed by atoms with Crippen LogP contribution in [0.3, 0.4) is 0 Å². The number of ketones is 1. The van der Waals surface area contributed by atoms with E-state index in [4.69, 9.17) is 15.2 Å². The van der Waals surface area contributed by atoms with Gasteiger partial charge in [-0.15, -0.1) is 0 Å². The molecule has 2 unspecified atom stereocenters. The Balaban J connectivity index is 2.05. The average Bonchev–Trinajstić information content (AvgIpc) is 2.39. The predicted octanol–water partition coefficient (Wildman–Crippen LogP) is 1.23. The molecule has 0 aromatic heterocycles. The standard InChI is InChI=1S/C14H19NO3/c1-17-9-12(15)13(16)8-14-11-5-3-2-4-10(11)6-7-18-14/h2-5,12,14H,6-9,15H2,1H3. The monoisotopic (exact) mass is 249 g/mol. The minimum Gasteiger partial charge on any atom is -0.383 e. The van der Waals surface area contributed by atoms with E-state index >= 15 is 0 Å². The number of fused-ring (bicyclic) bond motifs is 1. The molecule has 0 radical (unpaired) electrons. The smallest absolute Gasteiger partial charge is 0.154 e. The van der Waals surface area contributed by atoms with E-state index in [1.165, 1.54) is 5.56 Å². The van der Waals surface area contributed by atoms with E-state index in [9.17, 15) is 4.79 Å². The molecule has 0 saturated heterocycles. The second-order valence-corrected chi connectivity index (χ2v) is 4.54. The fraction of sp³-hybridized carbons (Fsp3) is 0.500. The maximum absolute atomic E-state index is 11.9. The summed E-state index contributed by atoms with van der Waals surface area (Å²) in [5.74, 6) is -0.0152. The molecule has 1 heterocycles. The lowest BCUT2D eigenvalue weighted by Gasteiger charge is -2.26. The molecule has 2 rings (SSSR count). The van der Waals surface area contributed by atoms with Crippen molar-refractivity contribution in [3.05, 3.63) is 35.4 Å². The summed E-state index contributed by atoms with van der Waals surface area (Å²) >= 11 is 0. The summed E-state index contributed by atoms with van der Waals surface area (Å²) in [6, 6.07) is 7.53. The highest BCUT2D eigenvalue weighted by atomic mass is 16.5. The SMILES string of the molecule is COCC(N)C(=O)CC1OCCc2ccccc21. The van der Waals surface area contributed by atoms with Crippen LogP contribution in [0.1, 0.15) is 23.7 Å². The number of ether oxygens (including phenoxy) is 2. The van der Waals surface area contributed by atoms with E-state index in [2.05, 4.69) is 6.07 Å². The van der Waals surface area contributed by atoms with E-state index in [1.807, 2.05) is 18.2 Å². The molecule has 2 N–H and O–H groups in total. The van der Waals surface area contributed by atoms with Crippen LogP contribution >= 0.6 is 0 Å². The molecule has 1 aromatic rings. The van der Waals surface area contributed by atoms with Gasteiger partial charge in [-0.1, -0.05) is 24.3 Å². The van der Waals surface area contributed by atoms with Gasteiger partial charge in [0.05, 0.1) is 25.4 Å². The van der Waals surface area contributed by atoms with Crippen molar-refractivity contribution in [3.63, 3.8) is 0 Å². The Morgan fingerprint density at radius 3 is 3.11 bits per heavy atom. The van der Waals surface area contributed by atoms with Gasteiger partial charge in [0.25, 0.3) is 0 Å². The third-order valence-electron chi connectivity index (χ3n) is 3.24. The molecule has 2 atom stereocenters. The lowest BCUT2D eigenvalue weighted by molar-refractivity contribution is -0.124. The van der Waals surface area contributed by atoms with Crippen molar-refractivity contribution >= 4 is 5.78 Å². The summed E-state index contributed by atoms with van der Waals surface area (Å²) < 4.78 is 10.6. The van der Waals surface area contributed by atoms with Crippen LogP contribution in [0.4, 0.5) is 0 Å². The molecule has 98 valence electrons. The highest BCUT2D eigenvalue weighted by molar-refractivity contribution is 5.84. The minimum atomic E-state index is -0.562. The summed E-state index contributed by atoms with van der Waals surface area (Å²) in [4.78, 5) is 11.9. The van der Waals surface area contributed by atoms with Crippen LogP contribution in [0.5, 0.6) is 0 Å². The average molecular weight is 249 g/mol. The zero-order valence-electron chi connectivity index (χ0n) is 10.6. The number of carbonyl (C=O) groups excluding carboxylic acids is 1. The van der Waals surface area contributed by atoms with Crippen LogP contribution in [-0.4, -0.2) is 32.1 Å². The van der Waals surface area contributed by atoms with Crippen molar-refractivity contribution < 1.29 is 14.3 Å². The molecule has 0 fully saturated rings. The van der Waals surface area contributed by atoms with Crippen molar-refractivity contribution in [1.82, 2.24) is 0 Å². The Kier molecular flexibility index (Phi) is 4.47. The van der Waals surface area contributed by atoms with Crippen LogP contribution in [0, 0.1) is 0 Å². The third-order valence-corrected chi connectivity index (χ3v) is 3.24. The second-order valence-electron chi connectivity index (χ2n) is 4.54. The van der Waals surface area contributed by atoms with Crippen LogP contribution in [0.2, 0.25) is 0 Å². The predicted molar refractivity (Wildman–Crippen MR) is 68.3 cm³/mol. The largest absolute Gasteiger partial charge is 0.383 e. The number of Topliss-reactive ketones (excluding diaryl/α,β-unsaturated/α-hetero) is 1. The number of methoxy groups -OCH3 is 1. The number of nitrogens with two attached hydrogens (primary N) is 1. The summed E-state index contributed by atoms with van der Waals surface area (Å²) in [5.41, 5.74) is 8.11. The molecule has 1 aliphatic rings. The fourth-order valence-corrected chi connectivity index (χ4v) is 2.25. The maximum Gasteiger partial charge on any atom is 0.154 e. The summed E-state index contributed by atoms with van der Waals surface area (Å²) in [6.07, 6.45) is 1.07. The van der Waals surface area contributed by atoms with Gasteiger partial charge in [-0.2, -0.15) is 0 Å². The third kappa shape index (κ3) is 2.96. The van der Waals surface area contributed by atoms with Gasteiger partial charge in [0, 0.05) is 13.5 Å². The highest BCUT2D eigenvalue weighted by Gasteiger charge is 2.25. The van der Waals surface area contributed by atoms with E-state index in [0.29, 0.717) is 13.0 Å². The quantitative estimate of drug-likeness (QED) is 0.852. The van der Waals surface area contributed by atoms with Crippen LogP contribution in [0.15, 0.2) is 24.3 Å². The van der Waals surface area contributed by atoms with Gasteiger partial charge < -0.3 is 15.2 Å². The Labute approximate surface area is 107 Å². The molecule has 4 heteroatoms. The van der Waals surface area contributed by atoms with Gasteiger partial charge in [0.2, 0.25) is 0 Å². The molecule has 0 amide bonds. The Morgan fingerprint density at radius 2 is 2.33 bits per heavy atom. The Hall–Kier alpha value is -1.23. The van der Waals surface area contributed by atoms with Crippen molar-refractivity contribution in [2.24, 2.45) is 5.73 Å². The zero-order chi connectivity index (χ0) is 13.0. The van der Waals surface area contributed by atoms with Gasteiger partial charge in [0.1, 0.15) is 0 Å². The van der Waals surface area contributed by atoms with E-state index in [-0.39, 0.29) is 18.5 Å². The van der Waals surface area contributed by atoms with Gasteiger partial charge >= 0.3 is 0 Å². The molecule has 1 aromatic carbocycles. The van der Waals surface area contributed by atoms with Gasteiger partial charge in [-0.05, 0) is 17.5 Å². The number of carbonyl (C=O) groups is 1.